The van der Waals surface area contributed by atoms with Gasteiger partial charge in [0.15, 0.2) is 0 Å². The summed E-state index contributed by atoms with van der Waals surface area (Å²) in [5, 5.41) is 2.64. The van der Waals surface area contributed by atoms with Crippen molar-refractivity contribution in [3.05, 3.63) is 34.9 Å². The Morgan fingerprint density at radius 2 is 2.07 bits per heavy atom. The molecule has 2 heteroatoms. The maximum absolute atomic E-state index is 11.4. The summed E-state index contributed by atoms with van der Waals surface area (Å²) < 4.78 is 0. The molecule has 0 heterocycles. The number of hydrogen-bond donors (Lipinski definition) is 1. The summed E-state index contributed by atoms with van der Waals surface area (Å²) >= 11 is 0. The average Bonchev–Trinajstić information content (AvgIpc) is 2.55. The molecule has 2 rings (SSSR count). The Labute approximate surface area is 84.3 Å². The standard InChI is InChI=1S/C12H15NO/c1-8-5-9-3-4-10(12(14)13-2)7-11(9)6-8/h3-4,7-8H,5-6H2,1-2H3,(H,13,14). The van der Waals surface area contributed by atoms with Crippen molar-refractivity contribution in [2.75, 3.05) is 7.05 Å². The molecule has 0 saturated heterocycles. The largest absolute Gasteiger partial charge is 0.355 e. The van der Waals surface area contributed by atoms with Crippen LogP contribution in [0.1, 0.15) is 28.4 Å². The van der Waals surface area contributed by atoms with E-state index in [1.165, 1.54) is 11.1 Å². The van der Waals surface area contributed by atoms with Crippen molar-refractivity contribution < 1.29 is 4.79 Å². The van der Waals surface area contributed by atoms with Crippen molar-refractivity contribution in [1.82, 2.24) is 5.32 Å². The molecule has 74 valence electrons. The van der Waals surface area contributed by atoms with Gasteiger partial charge in [0.05, 0.1) is 0 Å². The molecule has 1 aliphatic rings. The Hall–Kier alpha value is -1.31. The third-order valence-electron chi connectivity index (χ3n) is 2.83. The van der Waals surface area contributed by atoms with E-state index in [9.17, 15) is 4.79 Å². The maximum Gasteiger partial charge on any atom is 0.251 e. The lowest BCUT2D eigenvalue weighted by Gasteiger charge is -2.02. The van der Waals surface area contributed by atoms with E-state index in [4.69, 9.17) is 0 Å². The fourth-order valence-corrected chi connectivity index (χ4v) is 2.12. The van der Waals surface area contributed by atoms with E-state index in [0.717, 1.165) is 24.3 Å². The SMILES string of the molecule is CNC(=O)c1ccc2c(c1)CC(C)C2. The quantitative estimate of drug-likeness (QED) is 0.717. The Balaban J connectivity index is 2.33. The Kier molecular flexibility index (Phi) is 2.28. The van der Waals surface area contributed by atoms with Crippen LogP contribution in [0.2, 0.25) is 0 Å². The van der Waals surface area contributed by atoms with Gasteiger partial charge in [-0.15, -0.1) is 0 Å². The predicted octanol–water partition coefficient (Wildman–Crippen LogP) is 1.78. The van der Waals surface area contributed by atoms with Crippen LogP contribution in [0.5, 0.6) is 0 Å². The molecule has 1 amide bonds. The predicted molar refractivity (Wildman–Crippen MR) is 56.4 cm³/mol. The fraction of sp³-hybridized carbons (Fsp3) is 0.417. The zero-order valence-corrected chi connectivity index (χ0v) is 8.63. The molecule has 1 aromatic carbocycles. The summed E-state index contributed by atoms with van der Waals surface area (Å²) in [6, 6.07) is 6.02. The zero-order valence-electron chi connectivity index (χ0n) is 8.63. The zero-order chi connectivity index (χ0) is 10.1. The summed E-state index contributed by atoms with van der Waals surface area (Å²) in [5.74, 6) is 0.734. The molecule has 0 aliphatic heterocycles. The van der Waals surface area contributed by atoms with E-state index in [-0.39, 0.29) is 5.91 Å². The maximum atomic E-state index is 11.4. The summed E-state index contributed by atoms with van der Waals surface area (Å²) in [6.07, 6.45) is 2.27. The summed E-state index contributed by atoms with van der Waals surface area (Å²) in [4.78, 5) is 11.4. The van der Waals surface area contributed by atoms with Crippen LogP contribution in [-0.2, 0) is 12.8 Å². The molecule has 0 fully saturated rings. The van der Waals surface area contributed by atoms with E-state index in [0.29, 0.717) is 0 Å². The van der Waals surface area contributed by atoms with E-state index in [1.807, 2.05) is 12.1 Å². The van der Waals surface area contributed by atoms with Gasteiger partial charge in [-0.2, -0.15) is 0 Å². The van der Waals surface area contributed by atoms with Crippen LogP contribution in [0.25, 0.3) is 0 Å². The molecule has 0 spiro atoms. The second-order valence-corrected chi connectivity index (χ2v) is 4.08. The molecule has 0 aromatic heterocycles. The molecule has 14 heavy (non-hydrogen) atoms. The van der Waals surface area contributed by atoms with Gasteiger partial charge in [0.25, 0.3) is 5.91 Å². The molecule has 1 N–H and O–H groups in total. The molecular weight excluding hydrogens is 174 g/mol. The molecule has 2 nitrogen and oxygen atoms in total. The number of nitrogens with one attached hydrogen (secondary N) is 1. The monoisotopic (exact) mass is 189 g/mol. The van der Waals surface area contributed by atoms with Gasteiger partial charge in [0, 0.05) is 12.6 Å². The van der Waals surface area contributed by atoms with E-state index in [2.05, 4.69) is 18.3 Å². The summed E-state index contributed by atoms with van der Waals surface area (Å²) in [5.41, 5.74) is 3.53. The Bertz CT molecular complexity index is 371. The van der Waals surface area contributed by atoms with Crippen LogP contribution < -0.4 is 5.32 Å². The number of benzene rings is 1. The van der Waals surface area contributed by atoms with Crippen LogP contribution >= 0.6 is 0 Å². The normalized spacial score (nSPS) is 19.1. The molecule has 1 aromatic rings. The third kappa shape index (κ3) is 1.52. The van der Waals surface area contributed by atoms with Crippen LogP contribution in [0.4, 0.5) is 0 Å². The highest BCUT2D eigenvalue weighted by Crippen LogP contribution is 2.26. The average molecular weight is 189 g/mol. The number of amides is 1. The van der Waals surface area contributed by atoms with Crippen LogP contribution in [0.3, 0.4) is 0 Å². The smallest absolute Gasteiger partial charge is 0.251 e. The lowest BCUT2D eigenvalue weighted by Crippen LogP contribution is -2.17. The number of hydrogen-bond acceptors (Lipinski definition) is 1. The Morgan fingerprint density at radius 1 is 1.36 bits per heavy atom. The highest BCUT2D eigenvalue weighted by Gasteiger charge is 2.18. The second kappa shape index (κ2) is 3.45. The first-order valence-corrected chi connectivity index (χ1v) is 5.04. The molecule has 1 unspecified atom stereocenters. The van der Waals surface area contributed by atoms with Gasteiger partial charge in [-0.05, 0) is 42.0 Å². The molecule has 0 saturated carbocycles. The van der Waals surface area contributed by atoms with Crippen molar-refractivity contribution in [2.24, 2.45) is 5.92 Å². The topological polar surface area (TPSA) is 29.1 Å². The molecule has 1 atom stereocenters. The van der Waals surface area contributed by atoms with Gasteiger partial charge >= 0.3 is 0 Å². The number of rotatable bonds is 1. The lowest BCUT2D eigenvalue weighted by molar-refractivity contribution is 0.0963. The summed E-state index contributed by atoms with van der Waals surface area (Å²) in [6.45, 7) is 2.25. The van der Waals surface area contributed by atoms with E-state index in [1.54, 1.807) is 7.05 Å². The first-order valence-electron chi connectivity index (χ1n) is 5.04. The fourth-order valence-electron chi connectivity index (χ4n) is 2.12. The molecule has 0 radical (unpaired) electrons. The van der Waals surface area contributed by atoms with Crippen LogP contribution in [0, 0.1) is 5.92 Å². The second-order valence-electron chi connectivity index (χ2n) is 4.08. The molecular formula is C12H15NO. The molecule has 1 aliphatic carbocycles. The van der Waals surface area contributed by atoms with Gasteiger partial charge < -0.3 is 5.32 Å². The van der Waals surface area contributed by atoms with Crippen molar-refractivity contribution in [3.8, 4) is 0 Å². The van der Waals surface area contributed by atoms with E-state index >= 15 is 0 Å². The first kappa shape index (κ1) is 9.25. The van der Waals surface area contributed by atoms with Crippen molar-refractivity contribution >= 4 is 5.91 Å². The lowest BCUT2D eigenvalue weighted by atomic mass is 10.1. The summed E-state index contributed by atoms with van der Waals surface area (Å²) in [7, 11) is 1.66. The van der Waals surface area contributed by atoms with Crippen LogP contribution in [-0.4, -0.2) is 13.0 Å². The highest BCUT2D eigenvalue weighted by molar-refractivity contribution is 5.94. The van der Waals surface area contributed by atoms with Gasteiger partial charge in [0.1, 0.15) is 0 Å². The minimum absolute atomic E-state index is 0.00681. The third-order valence-corrected chi connectivity index (χ3v) is 2.83. The van der Waals surface area contributed by atoms with Crippen LogP contribution in [0.15, 0.2) is 18.2 Å². The highest BCUT2D eigenvalue weighted by atomic mass is 16.1. The minimum atomic E-state index is 0.00681. The van der Waals surface area contributed by atoms with Crippen molar-refractivity contribution in [1.29, 1.82) is 0 Å². The number of fused-ring (bicyclic) bond motifs is 1. The van der Waals surface area contributed by atoms with Gasteiger partial charge in [-0.3, -0.25) is 4.79 Å². The van der Waals surface area contributed by atoms with Crippen molar-refractivity contribution in [2.45, 2.75) is 19.8 Å². The number of carbonyl (C=O) groups excluding carboxylic acids is 1. The minimum Gasteiger partial charge on any atom is -0.355 e. The molecule has 0 bridgehead atoms. The van der Waals surface area contributed by atoms with Gasteiger partial charge in [0.2, 0.25) is 0 Å². The van der Waals surface area contributed by atoms with E-state index < -0.39 is 0 Å². The van der Waals surface area contributed by atoms with Gasteiger partial charge in [-0.25, -0.2) is 0 Å². The first-order chi connectivity index (χ1) is 6.70. The Morgan fingerprint density at radius 3 is 2.79 bits per heavy atom. The van der Waals surface area contributed by atoms with Crippen molar-refractivity contribution in [3.63, 3.8) is 0 Å². The number of carbonyl (C=O) groups is 1. The van der Waals surface area contributed by atoms with Gasteiger partial charge in [-0.1, -0.05) is 13.0 Å².